The summed E-state index contributed by atoms with van der Waals surface area (Å²) in [5.74, 6) is 0. The summed E-state index contributed by atoms with van der Waals surface area (Å²) in [6.07, 6.45) is 3.46. The van der Waals surface area contributed by atoms with Crippen LogP contribution in [0.1, 0.15) is 25.5 Å². The molecule has 2 aromatic rings. The lowest BCUT2D eigenvalue weighted by atomic mass is 10.1. The number of hydrogen-bond acceptors (Lipinski definition) is 0. The predicted octanol–water partition coefficient (Wildman–Crippen LogP) is 4.08. The molecule has 0 fully saturated rings. The zero-order chi connectivity index (χ0) is 11.5. The third-order valence-electron chi connectivity index (χ3n) is 3.09. The summed E-state index contributed by atoms with van der Waals surface area (Å²) >= 11 is 0. The average molecular weight is 213 g/mol. The molecule has 0 aliphatic carbocycles. The van der Waals surface area contributed by atoms with E-state index in [1.165, 1.54) is 28.6 Å². The Morgan fingerprint density at radius 1 is 1.31 bits per heavy atom. The van der Waals surface area contributed by atoms with E-state index < -0.39 is 0 Å². The number of hydrogen-bond donors (Lipinski definition) is 0. The Kier molecular flexibility index (Phi) is 3.14. The number of allylic oxidation sites excluding steroid dienone is 1. The Morgan fingerprint density at radius 2 is 2.06 bits per heavy atom. The van der Waals surface area contributed by atoms with Gasteiger partial charge in [-0.15, -0.1) is 6.58 Å². The maximum atomic E-state index is 3.94. The molecule has 16 heavy (non-hydrogen) atoms. The third-order valence-corrected chi connectivity index (χ3v) is 3.09. The van der Waals surface area contributed by atoms with E-state index in [9.17, 15) is 0 Å². The first-order valence-electron chi connectivity index (χ1n) is 5.86. The van der Waals surface area contributed by atoms with Gasteiger partial charge < -0.3 is 4.57 Å². The highest BCUT2D eigenvalue weighted by Crippen LogP contribution is 2.20. The van der Waals surface area contributed by atoms with Crippen LogP contribution in [0.4, 0.5) is 0 Å². The van der Waals surface area contributed by atoms with Crippen molar-refractivity contribution in [3.05, 3.63) is 48.2 Å². The van der Waals surface area contributed by atoms with Gasteiger partial charge in [0.15, 0.2) is 0 Å². The van der Waals surface area contributed by atoms with Crippen LogP contribution in [0.2, 0.25) is 0 Å². The summed E-state index contributed by atoms with van der Waals surface area (Å²) in [6, 6.07) is 10.9. The van der Waals surface area contributed by atoms with Gasteiger partial charge in [0.25, 0.3) is 0 Å². The van der Waals surface area contributed by atoms with Crippen LogP contribution in [0.5, 0.6) is 0 Å². The molecule has 0 unspecified atom stereocenters. The molecule has 0 aliphatic rings. The fourth-order valence-corrected chi connectivity index (χ4v) is 2.16. The van der Waals surface area contributed by atoms with E-state index in [0.717, 1.165) is 12.8 Å². The highest BCUT2D eigenvalue weighted by Gasteiger charge is 2.04. The third kappa shape index (κ3) is 2.19. The minimum absolute atomic E-state index is 1.13. The molecule has 84 valence electrons. The van der Waals surface area contributed by atoms with Gasteiger partial charge in [-0.1, -0.05) is 23.8 Å². The number of aromatic nitrogens is 1. The summed E-state index contributed by atoms with van der Waals surface area (Å²) in [5, 5.41) is 1.34. The van der Waals surface area contributed by atoms with Crippen LogP contribution in [-0.4, -0.2) is 4.57 Å². The highest BCUT2D eigenvalue weighted by atomic mass is 14.9. The molecule has 0 spiro atoms. The van der Waals surface area contributed by atoms with Crippen molar-refractivity contribution in [1.29, 1.82) is 0 Å². The molecule has 1 aromatic carbocycles. The second kappa shape index (κ2) is 4.56. The molecule has 0 aliphatic heterocycles. The Labute approximate surface area is 97.4 Å². The normalized spacial score (nSPS) is 10.9. The standard InChI is InChI=1S/C15H19N/c1-12(2)7-6-9-14-11-13-8-4-5-10-15(13)16(14)3/h4-5,8,10-11H,1,6-7,9H2,2-3H3. The Balaban J connectivity index is 2.18. The van der Waals surface area contributed by atoms with E-state index in [2.05, 4.69) is 55.4 Å². The van der Waals surface area contributed by atoms with Gasteiger partial charge in [0.1, 0.15) is 0 Å². The Bertz CT molecular complexity index is 505. The molecule has 0 saturated heterocycles. The van der Waals surface area contributed by atoms with Crippen molar-refractivity contribution in [2.24, 2.45) is 7.05 Å². The lowest BCUT2D eigenvalue weighted by molar-refractivity contribution is 0.754. The maximum absolute atomic E-state index is 3.94. The number of aryl methyl sites for hydroxylation is 2. The summed E-state index contributed by atoms with van der Waals surface area (Å²) in [4.78, 5) is 0. The lowest BCUT2D eigenvalue weighted by Gasteiger charge is -2.04. The van der Waals surface area contributed by atoms with Crippen LogP contribution >= 0.6 is 0 Å². The number of rotatable bonds is 4. The van der Waals surface area contributed by atoms with Crippen molar-refractivity contribution >= 4 is 10.9 Å². The highest BCUT2D eigenvalue weighted by molar-refractivity contribution is 5.81. The van der Waals surface area contributed by atoms with E-state index in [4.69, 9.17) is 0 Å². The second-order valence-electron chi connectivity index (χ2n) is 4.56. The van der Waals surface area contributed by atoms with Crippen molar-refractivity contribution in [2.75, 3.05) is 0 Å². The van der Waals surface area contributed by atoms with Crippen molar-refractivity contribution in [3.63, 3.8) is 0 Å². The van der Waals surface area contributed by atoms with Crippen LogP contribution in [0.15, 0.2) is 42.5 Å². The van der Waals surface area contributed by atoms with E-state index >= 15 is 0 Å². The van der Waals surface area contributed by atoms with E-state index in [-0.39, 0.29) is 0 Å². The minimum Gasteiger partial charge on any atom is -0.348 e. The molecule has 1 aromatic heterocycles. The van der Waals surface area contributed by atoms with E-state index in [1.807, 2.05) is 0 Å². The van der Waals surface area contributed by atoms with Crippen molar-refractivity contribution in [3.8, 4) is 0 Å². The summed E-state index contributed by atoms with van der Waals surface area (Å²) in [6.45, 7) is 6.04. The molecule has 0 bridgehead atoms. The SMILES string of the molecule is C=C(C)CCCc1cc2ccccc2n1C. The van der Waals surface area contributed by atoms with Gasteiger partial charge in [0.2, 0.25) is 0 Å². The van der Waals surface area contributed by atoms with Gasteiger partial charge in [-0.2, -0.15) is 0 Å². The molecule has 0 atom stereocenters. The van der Waals surface area contributed by atoms with E-state index in [0.29, 0.717) is 0 Å². The van der Waals surface area contributed by atoms with Gasteiger partial charge in [-0.25, -0.2) is 0 Å². The van der Waals surface area contributed by atoms with E-state index in [1.54, 1.807) is 0 Å². The van der Waals surface area contributed by atoms with Crippen LogP contribution < -0.4 is 0 Å². The average Bonchev–Trinajstić information content (AvgIpc) is 2.56. The molecule has 2 rings (SSSR count). The first-order chi connectivity index (χ1) is 7.68. The number of benzene rings is 1. The molecular formula is C15H19N. The second-order valence-corrected chi connectivity index (χ2v) is 4.56. The molecule has 1 nitrogen and oxygen atoms in total. The monoisotopic (exact) mass is 213 g/mol. The lowest BCUT2D eigenvalue weighted by Crippen LogP contribution is -1.96. The van der Waals surface area contributed by atoms with Crippen molar-refractivity contribution in [1.82, 2.24) is 4.57 Å². The molecule has 1 heteroatoms. The number of para-hydroxylation sites is 1. The smallest absolute Gasteiger partial charge is 0.0479 e. The summed E-state index contributed by atoms with van der Waals surface area (Å²) in [5.41, 5.74) is 4.02. The quantitative estimate of drug-likeness (QED) is 0.674. The van der Waals surface area contributed by atoms with Crippen LogP contribution in [0.3, 0.4) is 0 Å². The predicted molar refractivity (Wildman–Crippen MR) is 70.7 cm³/mol. The molecule has 0 N–H and O–H groups in total. The zero-order valence-corrected chi connectivity index (χ0v) is 10.2. The maximum Gasteiger partial charge on any atom is 0.0479 e. The summed E-state index contributed by atoms with van der Waals surface area (Å²) in [7, 11) is 2.15. The van der Waals surface area contributed by atoms with Crippen molar-refractivity contribution in [2.45, 2.75) is 26.2 Å². The Morgan fingerprint density at radius 3 is 2.75 bits per heavy atom. The first kappa shape index (κ1) is 11.0. The number of nitrogens with zero attached hydrogens (tertiary/aromatic N) is 1. The molecular weight excluding hydrogens is 194 g/mol. The zero-order valence-electron chi connectivity index (χ0n) is 10.2. The largest absolute Gasteiger partial charge is 0.348 e. The minimum atomic E-state index is 1.13. The molecule has 1 heterocycles. The van der Waals surface area contributed by atoms with Crippen LogP contribution in [0, 0.1) is 0 Å². The van der Waals surface area contributed by atoms with Gasteiger partial charge in [0, 0.05) is 18.3 Å². The topological polar surface area (TPSA) is 4.93 Å². The van der Waals surface area contributed by atoms with Crippen LogP contribution in [0.25, 0.3) is 10.9 Å². The molecule has 0 radical (unpaired) electrons. The molecule has 0 amide bonds. The first-order valence-corrected chi connectivity index (χ1v) is 5.86. The Hall–Kier alpha value is -1.50. The van der Waals surface area contributed by atoms with Gasteiger partial charge in [-0.05, 0) is 43.7 Å². The number of fused-ring (bicyclic) bond motifs is 1. The molecule has 0 saturated carbocycles. The van der Waals surface area contributed by atoms with Crippen LogP contribution in [-0.2, 0) is 13.5 Å². The van der Waals surface area contributed by atoms with Gasteiger partial charge in [-0.3, -0.25) is 0 Å². The fraction of sp³-hybridized carbons (Fsp3) is 0.333. The van der Waals surface area contributed by atoms with Gasteiger partial charge >= 0.3 is 0 Å². The summed E-state index contributed by atoms with van der Waals surface area (Å²) < 4.78 is 2.30. The van der Waals surface area contributed by atoms with Gasteiger partial charge in [0.05, 0.1) is 0 Å². The van der Waals surface area contributed by atoms with Crippen molar-refractivity contribution < 1.29 is 0 Å². The fourth-order valence-electron chi connectivity index (χ4n) is 2.16.